The highest BCUT2D eigenvalue weighted by atomic mass is 16.4. The maximum Gasteiger partial charge on any atom is 0.335 e. The summed E-state index contributed by atoms with van der Waals surface area (Å²) in [5, 5.41) is 22.3. The summed E-state index contributed by atoms with van der Waals surface area (Å²) in [4.78, 5) is 13.1. The molecule has 0 aliphatic rings. The van der Waals surface area contributed by atoms with Crippen LogP contribution in [0.3, 0.4) is 0 Å². The molecule has 0 amide bonds. The van der Waals surface area contributed by atoms with Crippen molar-refractivity contribution in [2.24, 2.45) is 0 Å². The Morgan fingerprint density at radius 3 is 2.21 bits per heavy atom. The molecule has 0 spiro atoms. The third-order valence-electron chi connectivity index (χ3n) is 5.42. The van der Waals surface area contributed by atoms with E-state index in [0.717, 1.165) is 36.8 Å². The van der Waals surface area contributed by atoms with Gasteiger partial charge in [0.1, 0.15) is 0 Å². The first-order chi connectivity index (χ1) is 14.2. The number of hydrogen-bond acceptors (Lipinski definition) is 4. The van der Waals surface area contributed by atoms with Gasteiger partial charge in [-0.1, -0.05) is 95.9 Å². The summed E-state index contributed by atoms with van der Waals surface area (Å²) in [6.45, 7) is 4.27. The Kier molecular flexibility index (Phi) is 10.4. The number of aliphatic carboxylic acids is 1. The van der Waals surface area contributed by atoms with Crippen molar-refractivity contribution in [2.75, 3.05) is 0 Å². The van der Waals surface area contributed by atoms with Crippen molar-refractivity contribution in [1.29, 1.82) is 0 Å². The third-order valence-corrected chi connectivity index (χ3v) is 5.42. The Labute approximate surface area is 174 Å². The highest BCUT2D eigenvalue weighted by molar-refractivity contribution is 5.76. The zero-order chi connectivity index (χ0) is 20.9. The standard InChI is InChI=1S/C23H36N4O2/c1-3-5-6-7-8-9-10-11-12-13-18-21-24-26-27(25-21)22(23(28)29)20-17-15-14-16-19(20)4-2/h14-17,22H,3-13,18H2,1-2H3,(H,28,29). The molecule has 0 saturated heterocycles. The molecule has 6 nitrogen and oxygen atoms in total. The maximum atomic E-state index is 11.9. The van der Waals surface area contributed by atoms with Crippen LogP contribution in [0.4, 0.5) is 0 Å². The van der Waals surface area contributed by atoms with Gasteiger partial charge < -0.3 is 5.11 Å². The van der Waals surface area contributed by atoms with Gasteiger partial charge in [-0.05, 0) is 29.2 Å². The van der Waals surface area contributed by atoms with E-state index in [1.807, 2.05) is 31.2 Å². The predicted molar refractivity (Wildman–Crippen MR) is 115 cm³/mol. The lowest BCUT2D eigenvalue weighted by Crippen LogP contribution is -2.24. The van der Waals surface area contributed by atoms with Gasteiger partial charge >= 0.3 is 5.97 Å². The number of nitrogens with zero attached hydrogens (tertiary/aromatic N) is 4. The molecule has 2 aromatic rings. The highest BCUT2D eigenvalue weighted by Gasteiger charge is 2.26. The van der Waals surface area contributed by atoms with Crippen molar-refractivity contribution in [3.8, 4) is 0 Å². The molecule has 0 aliphatic heterocycles. The molecule has 1 aromatic carbocycles. The number of carbonyl (C=O) groups is 1. The molecule has 0 saturated carbocycles. The maximum absolute atomic E-state index is 11.9. The Bertz CT molecular complexity index is 729. The fourth-order valence-corrected chi connectivity index (χ4v) is 3.71. The Morgan fingerprint density at radius 1 is 0.966 bits per heavy atom. The van der Waals surface area contributed by atoms with Gasteiger partial charge in [-0.15, -0.1) is 15.0 Å². The second-order valence-corrected chi connectivity index (χ2v) is 7.75. The van der Waals surface area contributed by atoms with Crippen molar-refractivity contribution >= 4 is 5.97 Å². The molecular weight excluding hydrogens is 364 g/mol. The highest BCUT2D eigenvalue weighted by Crippen LogP contribution is 2.22. The number of aryl methyl sites for hydroxylation is 2. The van der Waals surface area contributed by atoms with Crippen molar-refractivity contribution < 1.29 is 9.90 Å². The molecule has 1 atom stereocenters. The van der Waals surface area contributed by atoms with Crippen LogP contribution in [0, 0.1) is 0 Å². The minimum absolute atomic E-state index is 0.629. The molecule has 2 rings (SSSR count). The monoisotopic (exact) mass is 400 g/mol. The van der Waals surface area contributed by atoms with Gasteiger partial charge in [0.15, 0.2) is 11.9 Å². The lowest BCUT2D eigenvalue weighted by Gasteiger charge is -2.14. The lowest BCUT2D eigenvalue weighted by atomic mass is 9.99. The molecular formula is C23H36N4O2. The van der Waals surface area contributed by atoms with Gasteiger partial charge in [-0.2, -0.15) is 0 Å². The molecule has 0 aliphatic carbocycles. The fraction of sp³-hybridized carbons (Fsp3) is 0.652. The largest absolute Gasteiger partial charge is 0.479 e. The molecule has 1 heterocycles. The van der Waals surface area contributed by atoms with Gasteiger partial charge in [0.2, 0.25) is 0 Å². The number of unbranched alkanes of at least 4 members (excludes halogenated alkanes) is 9. The minimum Gasteiger partial charge on any atom is -0.479 e. The van der Waals surface area contributed by atoms with Gasteiger partial charge in [0, 0.05) is 6.42 Å². The molecule has 1 unspecified atom stereocenters. The summed E-state index contributed by atoms with van der Waals surface area (Å²) in [7, 11) is 0. The van der Waals surface area contributed by atoms with E-state index in [4.69, 9.17) is 0 Å². The van der Waals surface area contributed by atoms with Gasteiger partial charge in [-0.25, -0.2) is 4.79 Å². The van der Waals surface area contributed by atoms with Crippen LogP contribution in [0.5, 0.6) is 0 Å². The predicted octanol–water partition coefficient (Wildman–Crippen LogP) is 5.37. The summed E-state index contributed by atoms with van der Waals surface area (Å²) in [5.41, 5.74) is 1.72. The number of rotatable bonds is 15. The Hall–Kier alpha value is -2.24. The van der Waals surface area contributed by atoms with E-state index in [0.29, 0.717) is 5.82 Å². The van der Waals surface area contributed by atoms with Crippen molar-refractivity contribution in [2.45, 2.75) is 96.9 Å². The van der Waals surface area contributed by atoms with Crippen LogP contribution in [0.25, 0.3) is 0 Å². The average molecular weight is 401 g/mol. The third kappa shape index (κ3) is 7.59. The molecule has 1 N–H and O–H groups in total. The van der Waals surface area contributed by atoms with E-state index in [9.17, 15) is 9.90 Å². The van der Waals surface area contributed by atoms with Crippen molar-refractivity contribution in [1.82, 2.24) is 20.2 Å². The first-order valence-corrected chi connectivity index (χ1v) is 11.3. The van der Waals surface area contributed by atoms with E-state index in [-0.39, 0.29) is 0 Å². The van der Waals surface area contributed by atoms with Crippen molar-refractivity contribution in [3.63, 3.8) is 0 Å². The van der Waals surface area contributed by atoms with Crippen LogP contribution in [0.15, 0.2) is 24.3 Å². The second kappa shape index (κ2) is 13.1. The first-order valence-electron chi connectivity index (χ1n) is 11.3. The number of benzene rings is 1. The molecule has 0 bridgehead atoms. The zero-order valence-electron chi connectivity index (χ0n) is 18.0. The van der Waals surface area contributed by atoms with Crippen LogP contribution in [0.2, 0.25) is 0 Å². The summed E-state index contributed by atoms with van der Waals surface area (Å²) in [6, 6.07) is 6.63. The normalized spacial score (nSPS) is 12.2. The van der Waals surface area contributed by atoms with Crippen LogP contribution < -0.4 is 0 Å². The van der Waals surface area contributed by atoms with E-state index in [1.54, 1.807) is 0 Å². The van der Waals surface area contributed by atoms with Crippen LogP contribution in [-0.4, -0.2) is 31.3 Å². The number of tetrazole rings is 1. The summed E-state index contributed by atoms with van der Waals surface area (Å²) in [6.07, 6.45) is 14.3. The van der Waals surface area contributed by atoms with Gasteiger partial charge in [0.05, 0.1) is 0 Å². The second-order valence-electron chi connectivity index (χ2n) is 7.75. The van der Waals surface area contributed by atoms with E-state index in [1.165, 1.54) is 56.2 Å². The van der Waals surface area contributed by atoms with Crippen molar-refractivity contribution in [3.05, 3.63) is 41.2 Å². The summed E-state index contributed by atoms with van der Waals surface area (Å²) >= 11 is 0. The quantitative estimate of drug-likeness (QED) is 0.406. The lowest BCUT2D eigenvalue weighted by molar-refractivity contribution is -0.140. The number of carboxylic acid groups (broad SMARTS) is 1. The topological polar surface area (TPSA) is 80.9 Å². The molecule has 29 heavy (non-hydrogen) atoms. The Balaban J connectivity index is 1.78. The van der Waals surface area contributed by atoms with E-state index >= 15 is 0 Å². The smallest absolute Gasteiger partial charge is 0.335 e. The zero-order valence-corrected chi connectivity index (χ0v) is 18.0. The fourth-order valence-electron chi connectivity index (χ4n) is 3.71. The number of hydrogen-bond donors (Lipinski definition) is 1. The van der Waals surface area contributed by atoms with E-state index in [2.05, 4.69) is 22.3 Å². The summed E-state index contributed by atoms with van der Waals surface area (Å²) < 4.78 is 0. The van der Waals surface area contributed by atoms with Gasteiger partial charge in [0.25, 0.3) is 0 Å². The molecule has 6 heteroatoms. The van der Waals surface area contributed by atoms with Crippen LogP contribution >= 0.6 is 0 Å². The molecule has 160 valence electrons. The van der Waals surface area contributed by atoms with Crippen LogP contribution in [-0.2, 0) is 17.6 Å². The molecule has 1 aromatic heterocycles. The van der Waals surface area contributed by atoms with E-state index < -0.39 is 12.0 Å². The molecule has 0 radical (unpaired) electrons. The Morgan fingerprint density at radius 2 is 1.59 bits per heavy atom. The first kappa shape index (κ1) is 23.0. The SMILES string of the molecule is CCCCCCCCCCCCc1nnn(C(C(=O)O)c2ccccc2CC)n1. The summed E-state index contributed by atoms with van der Waals surface area (Å²) in [5.74, 6) is -0.335. The minimum atomic E-state index is -0.964. The number of aromatic nitrogens is 4. The molecule has 0 fully saturated rings. The van der Waals surface area contributed by atoms with Crippen LogP contribution in [0.1, 0.15) is 101 Å². The van der Waals surface area contributed by atoms with Gasteiger partial charge in [-0.3, -0.25) is 0 Å². The average Bonchev–Trinajstić information content (AvgIpc) is 3.18. The number of carboxylic acids is 1.